The first kappa shape index (κ1) is 21.4. The zero-order valence-electron chi connectivity index (χ0n) is 16.3. The van der Waals surface area contributed by atoms with Crippen molar-refractivity contribution in [2.24, 2.45) is 0 Å². The number of nitrogens with zero attached hydrogens (tertiary/aromatic N) is 2. The largest absolute Gasteiger partial charge is 0.438 e. The molecule has 2 aromatic rings. The summed E-state index contributed by atoms with van der Waals surface area (Å²) in [5.74, 6) is -0.628. The monoisotopic (exact) mass is 437 g/mol. The Morgan fingerprint density at radius 2 is 1.69 bits per heavy atom. The van der Waals surface area contributed by atoms with Crippen molar-refractivity contribution in [3.8, 4) is 0 Å². The summed E-state index contributed by atoms with van der Waals surface area (Å²) in [5.41, 5.74) is 0.508. The molecule has 1 saturated heterocycles. The first-order chi connectivity index (χ1) is 13.8. The maximum atomic E-state index is 12.6. The number of thioether (sulfide) groups is 1. The zero-order valence-corrected chi connectivity index (χ0v) is 17.9. The molecule has 2 heterocycles. The zero-order chi connectivity index (χ0) is 21.0. The van der Waals surface area contributed by atoms with Gasteiger partial charge < -0.3 is 14.6 Å². The number of rotatable bonds is 5. The molecule has 8 nitrogen and oxygen atoms in total. The second-order valence-corrected chi connectivity index (χ2v) is 9.72. The molecule has 3 rings (SSSR count). The predicted molar refractivity (Wildman–Crippen MR) is 111 cm³/mol. The Balaban J connectivity index is 1.65. The van der Waals surface area contributed by atoms with Gasteiger partial charge in [0.15, 0.2) is 5.76 Å². The molecular weight excluding hydrogens is 414 g/mol. The van der Waals surface area contributed by atoms with E-state index in [9.17, 15) is 18.0 Å². The number of anilines is 1. The summed E-state index contributed by atoms with van der Waals surface area (Å²) in [7, 11) is -0.377. The van der Waals surface area contributed by atoms with E-state index in [0.717, 1.165) is 35.9 Å². The molecule has 10 heteroatoms. The van der Waals surface area contributed by atoms with Gasteiger partial charge in [0.05, 0.1) is 0 Å². The van der Waals surface area contributed by atoms with Crippen LogP contribution in [0.15, 0.2) is 50.8 Å². The lowest BCUT2D eigenvalue weighted by atomic mass is 10.2. The molecule has 156 valence electrons. The van der Waals surface area contributed by atoms with E-state index in [4.69, 9.17) is 4.42 Å². The van der Waals surface area contributed by atoms with Crippen molar-refractivity contribution in [1.29, 1.82) is 0 Å². The van der Waals surface area contributed by atoms with Crippen molar-refractivity contribution >= 4 is 38.6 Å². The summed E-state index contributed by atoms with van der Waals surface area (Å²) in [6.45, 7) is 0.927. The van der Waals surface area contributed by atoms with Crippen molar-refractivity contribution in [1.82, 2.24) is 9.21 Å². The van der Waals surface area contributed by atoms with E-state index in [1.165, 1.54) is 21.3 Å². The number of hydrogen-bond acceptors (Lipinski definition) is 6. The average molecular weight is 438 g/mol. The highest BCUT2D eigenvalue weighted by molar-refractivity contribution is 8.13. The summed E-state index contributed by atoms with van der Waals surface area (Å²) in [4.78, 5) is 26.3. The maximum Gasteiger partial charge on any atom is 0.291 e. The van der Waals surface area contributed by atoms with Gasteiger partial charge in [-0.1, -0.05) is 6.42 Å². The second-order valence-electron chi connectivity index (χ2n) is 6.82. The van der Waals surface area contributed by atoms with E-state index < -0.39 is 15.9 Å². The smallest absolute Gasteiger partial charge is 0.291 e. The quantitative estimate of drug-likeness (QED) is 0.719. The topological polar surface area (TPSA) is 99.9 Å². The van der Waals surface area contributed by atoms with Gasteiger partial charge in [0.25, 0.3) is 21.2 Å². The van der Waals surface area contributed by atoms with Crippen LogP contribution in [0.2, 0.25) is 0 Å². The van der Waals surface area contributed by atoms with E-state index in [-0.39, 0.29) is 16.1 Å². The third-order valence-corrected chi connectivity index (χ3v) is 7.22. The van der Waals surface area contributed by atoms with Crippen molar-refractivity contribution in [2.45, 2.75) is 29.3 Å². The maximum absolute atomic E-state index is 12.6. The minimum Gasteiger partial charge on any atom is -0.438 e. The van der Waals surface area contributed by atoms with Crippen LogP contribution in [0, 0.1) is 0 Å². The normalized spacial score (nSPS) is 15.1. The van der Waals surface area contributed by atoms with Crippen LogP contribution in [0.4, 0.5) is 10.5 Å². The van der Waals surface area contributed by atoms with Crippen molar-refractivity contribution in [3.63, 3.8) is 0 Å². The van der Waals surface area contributed by atoms with Gasteiger partial charge >= 0.3 is 0 Å². The van der Waals surface area contributed by atoms with Gasteiger partial charge in [-0.15, -0.1) is 0 Å². The number of piperidine rings is 1. The van der Waals surface area contributed by atoms with Gasteiger partial charge in [0.2, 0.25) is 5.09 Å². The lowest BCUT2D eigenvalue weighted by Gasteiger charge is -2.24. The molecule has 1 aliphatic rings. The van der Waals surface area contributed by atoms with Crippen LogP contribution in [0.5, 0.6) is 0 Å². The molecule has 1 aromatic carbocycles. The van der Waals surface area contributed by atoms with Crippen molar-refractivity contribution in [3.05, 3.63) is 42.2 Å². The summed E-state index contributed by atoms with van der Waals surface area (Å²) in [6.07, 6.45) is 2.65. The van der Waals surface area contributed by atoms with E-state index in [2.05, 4.69) is 5.32 Å². The number of nitrogens with one attached hydrogen (secondary N) is 1. The van der Waals surface area contributed by atoms with Gasteiger partial charge in [-0.25, -0.2) is 8.42 Å². The average Bonchev–Trinajstić information content (AvgIpc) is 3.21. The fourth-order valence-electron chi connectivity index (χ4n) is 2.80. The third kappa shape index (κ3) is 5.20. The van der Waals surface area contributed by atoms with Crippen molar-refractivity contribution in [2.75, 3.05) is 32.5 Å². The molecule has 0 unspecified atom stereocenters. The summed E-state index contributed by atoms with van der Waals surface area (Å²) in [6, 6.07) is 9.43. The number of benzene rings is 1. The summed E-state index contributed by atoms with van der Waals surface area (Å²) < 4.78 is 32.0. The SMILES string of the molecule is CN(C)C(=O)Sc1ccc(NC(=O)c2ccc(S(=O)(=O)N3CCCCC3)o2)cc1. The van der Waals surface area contributed by atoms with Crippen molar-refractivity contribution < 1.29 is 22.4 Å². The highest BCUT2D eigenvalue weighted by atomic mass is 32.2. The van der Waals surface area contributed by atoms with Crippen LogP contribution < -0.4 is 5.32 Å². The van der Waals surface area contributed by atoms with E-state index >= 15 is 0 Å². The Hall–Kier alpha value is -2.30. The molecule has 1 N–H and O–H groups in total. The predicted octanol–water partition coefficient (Wildman–Crippen LogP) is 3.48. The first-order valence-corrected chi connectivity index (χ1v) is 11.4. The Labute approximate surface area is 174 Å². The second kappa shape index (κ2) is 9.02. The van der Waals surface area contributed by atoms with Gasteiger partial charge in [-0.2, -0.15) is 4.31 Å². The summed E-state index contributed by atoms with van der Waals surface area (Å²) >= 11 is 1.08. The number of carbonyl (C=O) groups is 2. The lowest BCUT2D eigenvalue weighted by Crippen LogP contribution is -2.35. The molecule has 0 saturated carbocycles. The molecule has 0 radical (unpaired) electrons. The lowest BCUT2D eigenvalue weighted by molar-refractivity contribution is 0.0991. The van der Waals surface area contributed by atoms with Crippen LogP contribution >= 0.6 is 11.8 Å². The molecule has 0 spiro atoms. The minimum atomic E-state index is -3.72. The van der Waals surface area contributed by atoms with E-state index in [0.29, 0.717) is 18.8 Å². The van der Waals surface area contributed by atoms with Gasteiger partial charge in [-0.05, 0) is 61.0 Å². The van der Waals surface area contributed by atoms with Crippen LogP contribution in [-0.2, 0) is 10.0 Å². The third-order valence-electron chi connectivity index (χ3n) is 4.40. The molecular formula is C19H23N3O5S2. The van der Waals surface area contributed by atoms with Crippen LogP contribution in [-0.4, -0.2) is 56.0 Å². The van der Waals surface area contributed by atoms with Crippen LogP contribution in [0.25, 0.3) is 0 Å². The van der Waals surface area contributed by atoms with Crippen LogP contribution in [0.3, 0.4) is 0 Å². The van der Waals surface area contributed by atoms with E-state index in [1.54, 1.807) is 38.4 Å². The molecule has 0 bridgehead atoms. The molecule has 29 heavy (non-hydrogen) atoms. The number of amides is 2. The van der Waals surface area contributed by atoms with Gasteiger partial charge in [0.1, 0.15) is 0 Å². The first-order valence-electron chi connectivity index (χ1n) is 9.18. The Morgan fingerprint density at radius 1 is 1.03 bits per heavy atom. The molecule has 1 fully saturated rings. The fraction of sp³-hybridized carbons (Fsp3) is 0.368. The van der Waals surface area contributed by atoms with Crippen LogP contribution in [0.1, 0.15) is 29.8 Å². The highest BCUT2D eigenvalue weighted by Gasteiger charge is 2.29. The Kier molecular flexibility index (Phi) is 6.66. The fourth-order valence-corrected chi connectivity index (χ4v) is 4.89. The Bertz CT molecular complexity index is 978. The Morgan fingerprint density at radius 3 is 2.31 bits per heavy atom. The van der Waals surface area contributed by atoms with Gasteiger partial charge in [-0.3, -0.25) is 9.59 Å². The number of carbonyl (C=O) groups excluding carboxylic acids is 2. The molecule has 1 aliphatic heterocycles. The summed E-state index contributed by atoms with van der Waals surface area (Å²) in [5, 5.41) is 2.34. The molecule has 2 amide bonds. The van der Waals surface area contributed by atoms with E-state index in [1.807, 2.05) is 0 Å². The molecule has 0 aliphatic carbocycles. The standard InChI is InChI=1S/C19H23N3O5S2/c1-21(2)19(24)28-15-8-6-14(7-9-15)20-18(23)16-10-11-17(27-16)29(25,26)22-12-4-3-5-13-22/h6-11H,3-5,12-13H2,1-2H3,(H,20,23). The number of hydrogen-bond donors (Lipinski definition) is 1. The molecule has 1 aromatic heterocycles. The minimum absolute atomic E-state index is 0.0816. The molecule has 0 atom stereocenters. The number of sulfonamides is 1. The number of furan rings is 1. The van der Waals surface area contributed by atoms with Gasteiger partial charge in [0, 0.05) is 37.8 Å². The highest BCUT2D eigenvalue weighted by Crippen LogP contribution is 2.24.